The lowest BCUT2D eigenvalue weighted by Crippen LogP contribution is -2.01. The summed E-state index contributed by atoms with van der Waals surface area (Å²) < 4.78 is 8.42. The van der Waals surface area contributed by atoms with E-state index >= 15 is 0 Å². The van der Waals surface area contributed by atoms with Crippen molar-refractivity contribution in [2.45, 2.75) is 0 Å². The lowest BCUT2D eigenvalue weighted by atomic mass is 10.1. The summed E-state index contributed by atoms with van der Waals surface area (Å²) in [5.74, 6) is 1.88. The highest BCUT2D eigenvalue weighted by atomic mass is 16.3. The van der Waals surface area contributed by atoms with E-state index in [1.165, 1.54) is 0 Å². The van der Waals surface area contributed by atoms with Crippen molar-refractivity contribution in [1.82, 2.24) is 29.5 Å². The van der Waals surface area contributed by atoms with E-state index in [4.69, 9.17) is 19.4 Å². The Kier molecular flexibility index (Phi) is 5.36. The van der Waals surface area contributed by atoms with E-state index in [-0.39, 0.29) is 0 Å². The van der Waals surface area contributed by atoms with Crippen LogP contribution >= 0.6 is 0 Å². The van der Waals surface area contributed by atoms with E-state index in [9.17, 15) is 0 Å². The average molecular weight is 567 g/mol. The molecule has 4 aromatic heterocycles. The standard InChI is InChI=1S/C37H22N6O/c1-3-10-23(11-4-1)35-40-36(24-12-5-2-6-13-24)42-37(41-35)25-14-9-15-26(20-25)43-28-17-8-7-16-27(28)32-29(43)18-19-30-33(32)34-31(44-30)21-38-22-39-34/h1-22H. The maximum absolute atomic E-state index is 6.14. The van der Waals surface area contributed by atoms with E-state index in [0.29, 0.717) is 23.1 Å². The van der Waals surface area contributed by atoms with Gasteiger partial charge in [-0.25, -0.2) is 24.9 Å². The zero-order chi connectivity index (χ0) is 29.0. The van der Waals surface area contributed by atoms with Crippen LogP contribution in [0.3, 0.4) is 0 Å². The molecule has 0 saturated carbocycles. The van der Waals surface area contributed by atoms with Gasteiger partial charge >= 0.3 is 0 Å². The number of fused-ring (bicyclic) bond motifs is 7. The zero-order valence-electron chi connectivity index (χ0n) is 23.3. The predicted octanol–water partition coefficient (Wildman–Crippen LogP) is 8.66. The Morgan fingerprint density at radius 2 is 1.18 bits per heavy atom. The molecule has 0 atom stereocenters. The molecule has 44 heavy (non-hydrogen) atoms. The van der Waals surface area contributed by atoms with Crippen LogP contribution in [-0.2, 0) is 0 Å². The van der Waals surface area contributed by atoms with Crippen LogP contribution in [0.5, 0.6) is 0 Å². The first-order valence-corrected chi connectivity index (χ1v) is 14.3. The van der Waals surface area contributed by atoms with Crippen molar-refractivity contribution >= 4 is 43.9 Å². The van der Waals surface area contributed by atoms with E-state index in [0.717, 1.165) is 60.7 Å². The topological polar surface area (TPSA) is 82.5 Å². The lowest BCUT2D eigenvalue weighted by Gasteiger charge is -2.11. The molecule has 0 amide bonds. The van der Waals surface area contributed by atoms with Crippen LogP contribution < -0.4 is 0 Å². The Hall–Kier alpha value is -6.21. The van der Waals surface area contributed by atoms with Gasteiger partial charge < -0.3 is 8.98 Å². The minimum absolute atomic E-state index is 0.611. The molecule has 9 aromatic rings. The predicted molar refractivity (Wildman–Crippen MR) is 173 cm³/mol. The van der Waals surface area contributed by atoms with Crippen molar-refractivity contribution in [2.24, 2.45) is 0 Å². The van der Waals surface area contributed by atoms with Gasteiger partial charge in [-0.05, 0) is 30.3 Å². The van der Waals surface area contributed by atoms with Gasteiger partial charge in [0.2, 0.25) is 0 Å². The SMILES string of the molecule is c1ccc(-c2nc(-c3ccccc3)nc(-c3cccc(-n4c5ccccc5c5c6c(ccc54)oc4cncnc46)c3)n2)cc1. The van der Waals surface area contributed by atoms with Gasteiger partial charge in [0.25, 0.3) is 0 Å². The second-order valence-corrected chi connectivity index (χ2v) is 10.6. The maximum atomic E-state index is 6.14. The van der Waals surface area contributed by atoms with Gasteiger partial charge in [0.05, 0.1) is 22.6 Å². The first-order valence-electron chi connectivity index (χ1n) is 14.3. The molecule has 0 fully saturated rings. The van der Waals surface area contributed by atoms with Crippen LogP contribution in [0.2, 0.25) is 0 Å². The smallest absolute Gasteiger partial charge is 0.172 e. The lowest BCUT2D eigenvalue weighted by molar-refractivity contribution is 0.666. The van der Waals surface area contributed by atoms with Gasteiger partial charge in [-0.3, -0.25) is 0 Å². The Morgan fingerprint density at radius 3 is 1.93 bits per heavy atom. The van der Waals surface area contributed by atoms with E-state index in [1.807, 2.05) is 66.7 Å². The number of rotatable bonds is 4. The molecule has 0 aliphatic heterocycles. The quantitative estimate of drug-likeness (QED) is 0.212. The summed E-state index contributed by atoms with van der Waals surface area (Å²) in [5.41, 5.74) is 8.18. The number of nitrogens with zero attached hydrogens (tertiary/aromatic N) is 6. The van der Waals surface area contributed by atoms with Gasteiger partial charge in [-0.15, -0.1) is 0 Å². The summed E-state index contributed by atoms with van der Waals surface area (Å²) in [6, 6.07) is 41.0. The van der Waals surface area contributed by atoms with Crippen LogP contribution in [0, 0.1) is 0 Å². The van der Waals surface area contributed by atoms with Crippen LogP contribution in [0.25, 0.3) is 83.7 Å². The van der Waals surface area contributed by atoms with E-state index < -0.39 is 0 Å². The number of para-hydroxylation sites is 1. The largest absolute Gasteiger partial charge is 0.453 e. The third kappa shape index (κ3) is 3.80. The molecule has 9 rings (SSSR count). The Bertz CT molecular complexity index is 2440. The van der Waals surface area contributed by atoms with Gasteiger partial charge in [0.15, 0.2) is 23.1 Å². The molecular weight excluding hydrogens is 544 g/mol. The number of hydrogen-bond donors (Lipinski definition) is 0. The number of aromatic nitrogens is 6. The normalized spacial score (nSPS) is 11.6. The summed E-state index contributed by atoms with van der Waals surface area (Å²) in [6.45, 7) is 0. The average Bonchev–Trinajstić information content (AvgIpc) is 3.64. The molecule has 7 heteroatoms. The summed E-state index contributed by atoms with van der Waals surface area (Å²) in [5, 5.41) is 3.21. The fraction of sp³-hybridized carbons (Fsp3) is 0. The highest BCUT2D eigenvalue weighted by Crippen LogP contribution is 2.40. The zero-order valence-corrected chi connectivity index (χ0v) is 23.3. The molecule has 0 unspecified atom stereocenters. The second kappa shape index (κ2) is 9.68. The van der Waals surface area contributed by atoms with Gasteiger partial charge in [0.1, 0.15) is 17.4 Å². The summed E-state index contributed by atoms with van der Waals surface area (Å²) >= 11 is 0. The molecule has 4 heterocycles. The Balaban J connectivity index is 1.28. The highest BCUT2D eigenvalue weighted by molar-refractivity contribution is 6.26. The van der Waals surface area contributed by atoms with Crippen LogP contribution in [0.15, 0.2) is 138 Å². The summed E-state index contributed by atoms with van der Waals surface area (Å²) in [6.07, 6.45) is 3.29. The molecule has 7 nitrogen and oxygen atoms in total. The molecule has 0 aliphatic rings. The van der Waals surface area contributed by atoms with Crippen molar-refractivity contribution < 1.29 is 4.42 Å². The molecule has 5 aromatic carbocycles. The third-order valence-electron chi connectivity index (χ3n) is 8.00. The fourth-order valence-corrected chi connectivity index (χ4v) is 6.06. The van der Waals surface area contributed by atoms with Crippen LogP contribution in [0.4, 0.5) is 0 Å². The molecular formula is C37H22N6O. The Morgan fingerprint density at radius 1 is 0.523 bits per heavy atom. The van der Waals surface area contributed by atoms with Gasteiger partial charge in [0, 0.05) is 33.2 Å². The van der Waals surface area contributed by atoms with Crippen LogP contribution in [-0.4, -0.2) is 29.5 Å². The molecule has 206 valence electrons. The van der Waals surface area contributed by atoms with Crippen molar-refractivity contribution in [3.05, 3.63) is 134 Å². The molecule has 0 spiro atoms. The Labute approximate surface area is 251 Å². The van der Waals surface area contributed by atoms with Gasteiger partial charge in [-0.1, -0.05) is 91.0 Å². The van der Waals surface area contributed by atoms with Crippen molar-refractivity contribution in [3.8, 4) is 39.9 Å². The van der Waals surface area contributed by atoms with Crippen LogP contribution in [0.1, 0.15) is 0 Å². The maximum Gasteiger partial charge on any atom is 0.172 e. The van der Waals surface area contributed by atoms with E-state index in [1.54, 1.807) is 12.5 Å². The van der Waals surface area contributed by atoms with Crippen molar-refractivity contribution in [3.63, 3.8) is 0 Å². The molecule has 0 aliphatic carbocycles. The number of benzene rings is 5. The molecule has 0 radical (unpaired) electrons. The highest BCUT2D eigenvalue weighted by Gasteiger charge is 2.20. The van der Waals surface area contributed by atoms with E-state index in [2.05, 4.69) is 69.1 Å². The summed E-state index contributed by atoms with van der Waals surface area (Å²) in [7, 11) is 0. The van der Waals surface area contributed by atoms with Gasteiger partial charge in [-0.2, -0.15) is 0 Å². The molecule has 0 N–H and O–H groups in total. The minimum Gasteiger partial charge on any atom is -0.453 e. The summed E-state index contributed by atoms with van der Waals surface area (Å²) in [4.78, 5) is 23.5. The molecule has 0 bridgehead atoms. The van der Waals surface area contributed by atoms with Crippen molar-refractivity contribution in [1.29, 1.82) is 0 Å². The number of hydrogen-bond acceptors (Lipinski definition) is 6. The molecule has 0 saturated heterocycles. The number of furan rings is 1. The van der Waals surface area contributed by atoms with Crippen molar-refractivity contribution in [2.75, 3.05) is 0 Å². The monoisotopic (exact) mass is 566 g/mol. The second-order valence-electron chi connectivity index (χ2n) is 10.6. The first kappa shape index (κ1) is 24.4. The minimum atomic E-state index is 0.611. The fourth-order valence-electron chi connectivity index (χ4n) is 6.06. The third-order valence-corrected chi connectivity index (χ3v) is 8.00. The first-order chi connectivity index (χ1) is 21.8.